The van der Waals surface area contributed by atoms with Gasteiger partial charge in [0.05, 0.1) is 19.6 Å². The maximum absolute atomic E-state index is 14.8. The van der Waals surface area contributed by atoms with Crippen molar-refractivity contribution < 1.29 is 43.4 Å². The van der Waals surface area contributed by atoms with Crippen LogP contribution in [-0.2, 0) is 46.4 Å². The van der Waals surface area contributed by atoms with E-state index in [4.69, 9.17) is 33.4 Å². The summed E-state index contributed by atoms with van der Waals surface area (Å²) in [7, 11) is 1.54. The number of rotatable bonds is 27. The van der Waals surface area contributed by atoms with Crippen molar-refractivity contribution in [3.8, 4) is 5.75 Å². The number of benzene rings is 3. The fourth-order valence-corrected chi connectivity index (χ4v) is 8.42. The number of para-hydroxylation sites is 1. The molecule has 1 saturated heterocycles. The Kier molecular flexibility index (Phi) is 20.1. The van der Waals surface area contributed by atoms with Gasteiger partial charge in [-0.1, -0.05) is 54.6 Å². The molecule has 4 aromatic rings. The van der Waals surface area contributed by atoms with E-state index in [1.165, 1.54) is 0 Å². The predicted molar refractivity (Wildman–Crippen MR) is 267 cm³/mol. The third kappa shape index (κ3) is 15.9. The highest BCUT2D eigenvalue weighted by molar-refractivity contribution is 5.99. The standard InChI is InChI=1S/C49H67N13O9/c1-71-33-14-9-13-32(27-33)62-23-19-49(20-24-62,61-43(66)35(51)28-41(63)64)47(70)60-39(25-30-11-3-2-4-12-30)45(68)58-38(18-10-22-55-48(53)54)44(67)59-40(26-31-29-56-36-16-6-5-15-34(31)36)46(69)57-37(42(52)65)17-7-8-21-50/h2-6,9,11-16,27,29,35,37-40,56H,7-8,10,17-26,28,50-51H2,1H3,(H2,52,65)(H,57,69)(H,58,68)(H,59,67)(H,60,70)(H,61,66)(H,63,64)(H4,53,54,55)/t35-,37-,38-,39+,40-/m0/s1. The van der Waals surface area contributed by atoms with E-state index in [9.17, 15) is 38.7 Å². The third-order valence-electron chi connectivity index (χ3n) is 12.4. The molecule has 382 valence electrons. The highest BCUT2D eigenvalue weighted by atomic mass is 16.5. The van der Waals surface area contributed by atoms with E-state index in [1.807, 2.05) is 47.4 Å². The summed E-state index contributed by atoms with van der Waals surface area (Å²) in [4.78, 5) is 105. The minimum Gasteiger partial charge on any atom is -0.497 e. The average Bonchev–Trinajstić information content (AvgIpc) is 3.76. The number of fused-ring (bicyclic) bond motifs is 1. The molecule has 0 bridgehead atoms. The fraction of sp³-hybridized carbons (Fsp3) is 0.429. The number of carboxylic acids is 1. The van der Waals surface area contributed by atoms with Crippen LogP contribution in [0.2, 0.25) is 0 Å². The first kappa shape index (κ1) is 54.2. The molecule has 22 heteroatoms. The summed E-state index contributed by atoms with van der Waals surface area (Å²) in [5.41, 5.74) is 29.8. The number of carbonyl (C=O) groups is 7. The number of piperidine rings is 1. The smallest absolute Gasteiger partial charge is 0.305 e. The Morgan fingerprint density at radius 1 is 0.761 bits per heavy atom. The lowest BCUT2D eigenvalue weighted by atomic mass is 9.85. The molecule has 1 aliphatic heterocycles. The SMILES string of the molecule is COc1cccc(N2CCC(NC(=O)[C@@H](N)CC(=O)O)(C(=O)N[C@H](Cc3ccccc3)C(=O)N[C@@H](CCCN=C(N)N)C(=O)N[C@@H](Cc3c[nH]c4ccccc34)C(=O)N[C@@H](CCCCN)C(N)=O)CC2)c1. The average molecular weight is 982 g/mol. The van der Waals surface area contributed by atoms with Gasteiger partial charge in [-0.3, -0.25) is 38.6 Å². The van der Waals surface area contributed by atoms with Gasteiger partial charge in [0.15, 0.2) is 5.96 Å². The van der Waals surface area contributed by atoms with Crippen LogP contribution >= 0.6 is 0 Å². The molecule has 1 aromatic heterocycles. The van der Waals surface area contributed by atoms with E-state index in [2.05, 4.69) is 36.6 Å². The van der Waals surface area contributed by atoms with Crippen molar-refractivity contribution in [3.05, 3.63) is 96.2 Å². The summed E-state index contributed by atoms with van der Waals surface area (Å²) in [6.07, 6.45) is 2.43. The number of aromatic amines is 1. The molecule has 1 aliphatic rings. The van der Waals surface area contributed by atoms with Gasteiger partial charge in [-0.25, -0.2) is 0 Å². The third-order valence-corrected chi connectivity index (χ3v) is 12.4. The van der Waals surface area contributed by atoms with Crippen molar-refractivity contribution in [2.24, 2.45) is 33.7 Å². The molecule has 0 spiro atoms. The van der Waals surface area contributed by atoms with E-state index in [0.29, 0.717) is 36.3 Å². The van der Waals surface area contributed by atoms with E-state index in [0.717, 1.165) is 16.6 Å². The maximum Gasteiger partial charge on any atom is 0.305 e. The summed E-state index contributed by atoms with van der Waals surface area (Å²) in [5, 5.41) is 24.1. The minimum absolute atomic E-state index is 0.0284. The van der Waals surface area contributed by atoms with Crippen molar-refractivity contribution >= 4 is 64.0 Å². The number of ether oxygens (including phenoxy) is 1. The number of hydrogen-bond donors (Lipinski definition) is 12. The van der Waals surface area contributed by atoms with Gasteiger partial charge in [0, 0.05) is 61.3 Å². The molecule has 3 aromatic carbocycles. The Morgan fingerprint density at radius 3 is 2.06 bits per heavy atom. The largest absolute Gasteiger partial charge is 0.497 e. The molecule has 0 unspecified atom stereocenters. The summed E-state index contributed by atoms with van der Waals surface area (Å²) in [6.45, 7) is 0.955. The predicted octanol–water partition coefficient (Wildman–Crippen LogP) is -0.474. The molecule has 0 saturated carbocycles. The van der Waals surface area contributed by atoms with Crippen LogP contribution in [0.25, 0.3) is 10.9 Å². The zero-order valence-corrected chi connectivity index (χ0v) is 39.9. The number of methoxy groups -OCH3 is 1. The first-order chi connectivity index (χ1) is 34.0. The lowest BCUT2D eigenvalue weighted by Gasteiger charge is -2.43. The molecule has 17 N–H and O–H groups in total. The number of aromatic nitrogens is 1. The number of nitrogens with zero attached hydrogens (tertiary/aromatic N) is 2. The number of H-pyrrole nitrogens is 1. The zero-order valence-electron chi connectivity index (χ0n) is 39.9. The first-order valence-corrected chi connectivity index (χ1v) is 23.6. The number of carbonyl (C=O) groups excluding carboxylic acids is 6. The Morgan fingerprint density at radius 2 is 1.39 bits per heavy atom. The highest BCUT2D eigenvalue weighted by Crippen LogP contribution is 2.30. The summed E-state index contributed by atoms with van der Waals surface area (Å²) < 4.78 is 5.40. The molecule has 1 fully saturated rings. The van der Waals surface area contributed by atoms with Gasteiger partial charge >= 0.3 is 5.97 Å². The van der Waals surface area contributed by atoms with Crippen molar-refractivity contribution in [2.75, 3.05) is 38.2 Å². The number of guanidine groups is 1. The Labute approximate surface area is 411 Å². The molecule has 2 heterocycles. The van der Waals surface area contributed by atoms with Crippen LogP contribution in [0, 0.1) is 0 Å². The molecule has 5 atom stereocenters. The number of anilines is 1. The molecule has 71 heavy (non-hydrogen) atoms. The number of carboxylic acid groups (broad SMARTS) is 1. The maximum atomic E-state index is 14.8. The number of nitrogens with two attached hydrogens (primary N) is 5. The topological polar surface area (TPSA) is 371 Å². The van der Waals surface area contributed by atoms with E-state index in [1.54, 1.807) is 49.7 Å². The van der Waals surface area contributed by atoms with Gasteiger partial charge < -0.3 is 75.0 Å². The first-order valence-electron chi connectivity index (χ1n) is 23.6. The van der Waals surface area contributed by atoms with Gasteiger partial charge in [-0.2, -0.15) is 0 Å². The lowest BCUT2D eigenvalue weighted by Crippen LogP contribution is -2.67. The van der Waals surface area contributed by atoms with Crippen molar-refractivity contribution in [1.29, 1.82) is 0 Å². The van der Waals surface area contributed by atoms with Crippen molar-refractivity contribution in [2.45, 2.75) is 100.0 Å². The second-order valence-electron chi connectivity index (χ2n) is 17.6. The molecule has 5 rings (SSSR count). The quantitative estimate of drug-likeness (QED) is 0.0204. The van der Waals surface area contributed by atoms with Crippen molar-refractivity contribution in [1.82, 2.24) is 31.6 Å². The highest BCUT2D eigenvalue weighted by Gasteiger charge is 2.45. The number of aliphatic imine (C=N–C) groups is 1. The van der Waals surface area contributed by atoms with Crippen LogP contribution < -0.4 is 64.9 Å². The molecular weight excluding hydrogens is 915 g/mol. The zero-order chi connectivity index (χ0) is 51.5. The number of hydrogen-bond acceptors (Lipinski definition) is 12. The molecule has 22 nitrogen and oxygen atoms in total. The van der Waals surface area contributed by atoms with Crippen LogP contribution in [-0.4, -0.2) is 126 Å². The van der Waals surface area contributed by atoms with E-state index >= 15 is 0 Å². The summed E-state index contributed by atoms with van der Waals surface area (Å²) in [5.74, 6) is -5.52. The van der Waals surface area contributed by atoms with Gasteiger partial charge in [0.25, 0.3) is 0 Å². The molecule has 0 aliphatic carbocycles. The van der Waals surface area contributed by atoms with Crippen LogP contribution in [0.4, 0.5) is 5.69 Å². The second kappa shape index (κ2) is 26.3. The van der Waals surface area contributed by atoms with Gasteiger partial charge in [-0.15, -0.1) is 0 Å². The van der Waals surface area contributed by atoms with Crippen molar-refractivity contribution in [3.63, 3.8) is 0 Å². The summed E-state index contributed by atoms with van der Waals surface area (Å²) >= 11 is 0. The van der Waals surface area contributed by atoms with Crippen LogP contribution in [0.15, 0.2) is 90.1 Å². The van der Waals surface area contributed by atoms with E-state index in [-0.39, 0.29) is 70.5 Å². The number of nitrogens with one attached hydrogen (secondary N) is 6. The van der Waals surface area contributed by atoms with Crippen LogP contribution in [0.3, 0.4) is 0 Å². The summed E-state index contributed by atoms with van der Waals surface area (Å²) in [6, 6.07) is 17.0. The Hall–Kier alpha value is -7.72. The number of unbranched alkanes of at least 4 members (excludes halogenated alkanes) is 1. The normalized spacial score (nSPS) is 15.2. The fourth-order valence-electron chi connectivity index (χ4n) is 8.42. The number of amides is 6. The van der Waals surface area contributed by atoms with Gasteiger partial charge in [0.1, 0.15) is 35.5 Å². The second-order valence-corrected chi connectivity index (χ2v) is 17.6. The van der Waals surface area contributed by atoms with Gasteiger partial charge in [0.2, 0.25) is 35.4 Å². The van der Waals surface area contributed by atoms with Gasteiger partial charge in [-0.05, 0) is 80.8 Å². The monoisotopic (exact) mass is 982 g/mol. The minimum atomic E-state index is -1.66. The van der Waals surface area contributed by atoms with Crippen LogP contribution in [0.5, 0.6) is 5.75 Å². The van der Waals surface area contributed by atoms with Crippen LogP contribution in [0.1, 0.15) is 62.5 Å². The molecular formula is C49H67N13O9. The van der Waals surface area contributed by atoms with E-state index < -0.39 is 83.6 Å². The molecule has 0 radical (unpaired) electrons. The Bertz CT molecular complexity index is 2490. The number of primary amides is 1. The molecule has 6 amide bonds. The number of aliphatic carboxylic acids is 1. The Balaban J connectivity index is 1.46. The lowest BCUT2D eigenvalue weighted by molar-refractivity contribution is -0.141.